The lowest BCUT2D eigenvalue weighted by atomic mass is 10.3. The largest absolute Gasteiger partial charge is 0.309 e. The number of thiazole rings is 2. The molecule has 0 atom stereocenters. The number of anilines is 1. The highest BCUT2D eigenvalue weighted by atomic mass is 35.5. The van der Waals surface area contributed by atoms with E-state index >= 15 is 0 Å². The minimum Gasteiger partial charge on any atom is -0.309 e. The Morgan fingerprint density at radius 1 is 0.893 bits per heavy atom. The molecule has 1 amide bonds. The number of hydrogen-bond acceptors (Lipinski definition) is 6. The number of hydrogen-bond donors (Lipinski definition) is 0. The molecule has 0 N–H and O–H groups in total. The van der Waals surface area contributed by atoms with Gasteiger partial charge < -0.3 is 4.90 Å². The molecule has 0 radical (unpaired) electrons. The van der Waals surface area contributed by atoms with E-state index in [0.29, 0.717) is 11.6 Å². The van der Waals surface area contributed by atoms with Gasteiger partial charge in [0.25, 0.3) is 5.91 Å². The van der Waals surface area contributed by atoms with Crippen LogP contribution in [0.4, 0.5) is 5.13 Å². The van der Waals surface area contributed by atoms with E-state index in [1.54, 1.807) is 16.2 Å². The maximum absolute atomic E-state index is 13.3. The lowest BCUT2D eigenvalue weighted by Crippen LogP contribution is -2.33. The van der Waals surface area contributed by atoms with Gasteiger partial charge in [-0.15, -0.1) is 23.7 Å². The lowest BCUT2D eigenvalue weighted by molar-refractivity contribution is 0.0986. The zero-order valence-corrected chi connectivity index (χ0v) is 18.1. The van der Waals surface area contributed by atoms with Gasteiger partial charge in [0.15, 0.2) is 10.1 Å². The van der Waals surface area contributed by atoms with Gasteiger partial charge in [-0.3, -0.25) is 9.69 Å². The van der Waals surface area contributed by atoms with Crippen LogP contribution in [0.5, 0.6) is 0 Å². The number of carbonyl (C=O) groups excluding carboxylic acids is 1. The molecule has 0 saturated heterocycles. The van der Waals surface area contributed by atoms with Crippen LogP contribution in [0.2, 0.25) is 0 Å². The Kier molecular flexibility index (Phi) is 6.61. The van der Waals surface area contributed by atoms with Crippen molar-refractivity contribution in [2.45, 2.75) is 6.42 Å². The summed E-state index contributed by atoms with van der Waals surface area (Å²) in [6.45, 7) is 1.53. The molecular weight excluding hydrogens is 412 g/mol. The van der Waals surface area contributed by atoms with E-state index in [0.717, 1.165) is 38.5 Å². The summed E-state index contributed by atoms with van der Waals surface area (Å²) >= 11 is 2.99. The van der Waals surface area contributed by atoms with Gasteiger partial charge in [-0.25, -0.2) is 9.97 Å². The Bertz CT molecular complexity index is 1030. The molecular formula is C20H21ClN4OS2. The first-order chi connectivity index (χ1) is 13.1. The van der Waals surface area contributed by atoms with Gasteiger partial charge in [-0.2, -0.15) is 0 Å². The third-order valence-electron chi connectivity index (χ3n) is 4.22. The molecule has 0 aliphatic heterocycles. The molecule has 2 aromatic heterocycles. The second-order valence-electron chi connectivity index (χ2n) is 6.56. The minimum absolute atomic E-state index is 0. The van der Waals surface area contributed by atoms with Crippen molar-refractivity contribution in [3.63, 3.8) is 0 Å². The molecule has 0 aliphatic rings. The van der Waals surface area contributed by atoms with Crippen molar-refractivity contribution in [2.75, 3.05) is 32.1 Å². The van der Waals surface area contributed by atoms with Crippen molar-refractivity contribution in [3.05, 3.63) is 53.5 Å². The molecule has 8 heteroatoms. The van der Waals surface area contributed by atoms with Crippen molar-refractivity contribution >= 4 is 66.6 Å². The van der Waals surface area contributed by atoms with Gasteiger partial charge in [-0.1, -0.05) is 35.6 Å². The van der Waals surface area contributed by atoms with Crippen LogP contribution < -0.4 is 4.90 Å². The third kappa shape index (κ3) is 4.33. The maximum Gasteiger partial charge on any atom is 0.289 e. The highest BCUT2D eigenvalue weighted by molar-refractivity contribution is 7.22. The number of amides is 1. The highest BCUT2D eigenvalue weighted by Crippen LogP contribution is 2.31. The maximum atomic E-state index is 13.3. The van der Waals surface area contributed by atoms with E-state index in [9.17, 15) is 4.79 Å². The Hall–Kier alpha value is -2.06. The summed E-state index contributed by atoms with van der Waals surface area (Å²) in [6.07, 6.45) is 0.875. The Balaban J connectivity index is 0.00000225. The molecule has 0 unspecified atom stereocenters. The standard InChI is InChI=1S/C20H20N4OS2.ClH/c1-23(2)12-7-13-24(20-22-15-9-4-6-11-17(15)27-20)19(25)18-21-14-8-3-5-10-16(14)26-18;/h3-6,8-11H,7,12-13H2,1-2H3;1H. The van der Waals surface area contributed by atoms with Gasteiger partial charge in [0.1, 0.15) is 0 Å². The van der Waals surface area contributed by atoms with Gasteiger partial charge >= 0.3 is 0 Å². The fraction of sp³-hybridized carbons (Fsp3) is 0.250. The monoisotopic (exact) mass is 432 g/mol. The fourth-order valence-corrected chi connectivity index (χ4v) is 4.79. The molecule has 2 aromatic carbocycles. The van der Waals surface area contributed by atoms with Crippen molar-refractivity contribution in [2.24, 2.45) is 0 Å². The molecule has 2 heterocycles. The Morgan fingerprint density at radius 3 is 2.11 bits per heavy atom. The van der Waals surface area contributed by atoms with E-state index < -0.39 is 0 Å². The molecule has 5 nitrogen and oxygen atoms in total. The number of para-hydroxylation sites is 2. The summed E-state index contributed by atoms with van der Waals surface area (Å²) in [7, 11) is 4.08. The van der Waals surface area contributed by atoms with Crippen molar-refractivity contribution in [1.29, 1.82) is 0 Å². The number of nitrogens with zero attached hydrogens (tertiary/aromatic N) is 4. The van der Waals surface area contributed by atoms with E-state index in [1.165, 1.54) is 11.3 Å². The molecule has 4 aromatic rings. The smallest absolute Gasteiger partial charge is 0.289 e. The number of carbonyl (C=O) groups is 1. The second-order valence-corrected chi connectivity index (χ2v) is 8.60. The topological polar surface area (TPSA) is 49.3 Å². The predicted molar refractivity (Wildman–Crippen MR) is 121 cm³/mol. The van der Waals surface area contributed by atoms with Crippen LogP contribution in [-0.4, -0.2) is 48.0 Å². The molecule has 0 bridgehead atoms. The average Bonchev–Trinajstić information content (AvgIpc) is 3.28. The van der Waals surface area contributed by atoms with Crippen LogP contribution in [0.3, 0.4) is 0 Å². The second kappa shape index (κ2) is 8.96. The van der Waals surface area contributed by atoms with Crippen LogP contribution in [0.15, 0.2) is 48.5 Å². The average molecular weight is 433 g/mol. The lowest BCUT2D eigenvalue weighted by Gasteiger charge is -2.19. The Morgan fingerprint density at radius 2 is 1.50 bits per heavy atom. The first-order valence-corrected chi connectivity index (χ1v) is 10.4. The molecule has 0 saturated carbocycles. The van der Waals surface area contributed by atoms with Crippen molar-refractivity contribution in [3.8, 4) is 0 Å². The van der Waals surface area contributed by atoms with Crippen LogP contribution in [0.1, 0.15) is 16.2 Å². The molecule has 0 aliphatic carbocycles. The van der Waals surface area contributed by atoms with E-state index in [2.05, 4.69) is 9.88 Å². The highest BCUT2D eigenvalue weighted by Gasteiger charge is 2.24. The summed E-state index contributed by atoms with van der Waals surface area (Å²) in [5.74, 6) is -0.0750. The summed E-state index contributed by atoms with van der Waals surface area (Å²) in [4.78, 5) is 26.4. The summed E-state index contributed by atoms with van der Waals surface area (Å²) in [5, 5.41) is 1.25. The fourth-order valence-electron chi connectivity index (χ4n) is 2.88. The normalized spacial score (nSPS) is 11.1. The summed E-state index contributed by atoms with van der Waals surface area (Å²) in [5.41, 5.74) is 1.79. The van der Waals surface area contributed by atoms with E-state index in [1.807, 2.05) is 62.6 Å². The number of fused-ring (bicyclic) bond motifs is 2. The third-order valence-corrected chi connectivity index (χ3v) is 6.31. The zero-order chi connectivity index (χ0) is 18.8. The summed E-state index contributed by atoms with van der Waals surface area (Å²) < 4.78 is 2.11. The number of halogens is 1. The first kappa shape index (κ1) is 20.7. The predicted octanol–water partition coefficient (Wildman–Crippen LogP) is 4.93. The SMILES string of the molecule is CN(C)CCCN(C(=O)c1nc2ccccc2s1)c1nc2ccccc2s1.Cl. The van der Waals surface area contributed by atoms with Gasteiger partial charge in [0.05, 0.1) is 20.4 Å². The van der Waals surface area contributed by atoms with E-state index in [-0.39, 0.29) is 18.3 Å². The first-order valence-electron chi connectivity index (χ1n) is 8.79. The van der Waals surface area contributed by atoms with Crippen LogP contribution in [0, 0.1) is 0 Å². The summed E-state index contributed by atoms with van der Waals surface area (Å²) in [6, 6.07) is 15.8. The van der Waals surface area contributed by atoms with Crippen molar-refractivity contribution in [1.82, 2.24) is 14.9 Å². The Labute approximate surface area is 178 Å². The molecule has 4 rings (SSSR count). The molecule has 146 valence electrons. The molecule has 0 spiro atoms. The van der Waals surface area contributed by atoms with Crippen LogP contribution in [-0.2, 0) is 0 Å². The van der Waals surface area contributed by atoms with Crippen LogP contribution >= 0.6 is 35.1 Å². The van der Waals surface area contributed by atoms with Gasteiger partial charge in [0, 0.05) is 6.54 Å². The number of aromatic nitrogens is 2. The van der Waals surface area contributed by atoms with Crippen LogP contribution in [0.25, 0.3) is 20.4 Å². The van der Waals surface area contributed by atoms with Crippen molar-refractivity contribution < 1.29 is 4.79 Å². The van der Waals surface area contributed by atoms with Gasteiger partial charge in [-0.05, 0) is 51.3 Å². The quantitative estimate of drug-likeness (QED) is 0.433. The zero-order valence-electron chi connectivity index (χ0n) is 15.7. The van der Waals surface area contributed by atoms with Gasteiger partial charge in [0.2, 0.25) is 0 Å². The molecule has 0 fully saturated rings. The van der Waals surface area contributed by atoms with E-state index in [4.69, 9.17) is 4.98 Å². The molecule has 28 heavy (non-hydrogen) atoms. The number of benzene rings is 2. The number of rotatable bonds is 6. The minimum atomic E-state index is -0.0750.